The summed E-state index contributed by atoms with van der Waals surface area (Å²) >= 11 is 1.71. The summed E-state index contributed by atoms with van der Waals surface area (Å²) < 4.78 is 0. The van der Waals surface area contributed by atoms with Crippen LogP contribution in [0.3, 0.4) is 0 Å². The predicted molar refractivity (Wildman–Crippen MR) is 81.6 cm³/mol. The minimum atomic E-state index is -0.325. The SMILES string of the molecule is Cc1cccc(C(CN)(CO)CCc2ccsc2)c1. The Balaban J connectivity index is 2.21. The van der Waals surface area contributed by atoms with E-state index in [1.165, 1.54) is 11.1 Å². The van der Waals surface area contributed by atoms with Gasteiger partial charge in [-0.3, -0.25) is 0 Å². The lowest BCUT2D eigenvalue weighted by molar-refractivity contribution is 0.188. The van der Waals surface area contributed by atoms with E-state index in [0.717, 1.165) is 18.4 Å². The first-order chi connectivity index (χ1) is 9.20. The fraction of sp³-hybridized carbons (Fsp3) is 0.375. The van der Waals surface area contributed by atoms with Crippen LogP contribution >= 0.6 is 11.3 Å². The topological polar surface area (TPSA) is 46.2 Å². The standard InChI is InChI=1S/C16H21NOS/c1-13-3-2-4-15(9-13)16(11-17,12-18)7-5-14-6-8-19-10-14/h2-4,6,8-10,18H,5,7,11-12,17H2,1H3. The molecule has 0 spiro atoms. The van der Waals surface area contributed by atoms with Gasteiger partial charge in [-0.1, -0.05) is 29.8 Å². The first-order valence-electron chi connectivity index (χ1n) is 6.59. The van der Waals surface area contributed by atoms with E-state index in [0.29, 0.717) is 6.54 Å². The molecule has 2 rings (SSSR count). The van der Waals surface area contributed by atoms with Gasteiger partial charge in [-0.15, -0.1) is 0 Å². The number of hydrogen-bond acceptors (Lipinski definition) is 3. The molecule has 19 heavy (non-hydrogen) atoms. The maximum atomic E-state index is 9.87. The second-order valence-corrected chi connectivity index (χ2v) is 5.92. The third-order valence-corrected chi connectivity index (χ3v) is 4.53. The van der Waals surface area contributed by atoms with Crippen LogP contribution in [-0.4, -0.2) is 18.3 Å². The largest absolute Gasteiger partial charge is 0.395 e. The van der Waals surface area contributed by atoms with Crippen molar-refractivity contribution in [2.75, 3.05) is 13.2 Å². The number of nitrogens with two attached hydrogens (primary N) is 1. The quantitative estimate of drug-likeness (QED) is 0.851. The van der Waals surface area contributed by atoms with Crippen molar-refractivity contribution in [1.29, 1.82) is 0 Å². The summed E-state index contributed by atoms with van der Waals surface area (Å²) in [4.78, 5) is 0. The van der Waals surface area contributed by atoms with Gasteiger partial charge in [0.2, 0.25) is 0 Å². The van der Waals surface area contributed by atoms with Crippen molar-refractivity contribution in [3.63, 3.8) is 0 Å². The molecule has 1 atom stereocenters. The number of thiophene rings is 1. The zero-order chi connectivity index (χ0) is 13.7. The van der Waals surface area contributed by atoms with Crippen LogP contribution in [0.1, 0.15) is 23.1 Å². The number of aryl methyl sites for hydroxylation is 2. The summed E-state index contributed by atoms with van der Waals surface area (Å²) in [6.07, 6.45) is 1.83. The van der Waals surface area contributed by atoms with Crippen molar-refractivity contribution in [2.24, 2.45) is 5.73 Å². The Morgan fingerprint density at radius 1 is 1.32 bits per heavy atom. The summed E-state index contributed by atoms with van der Waals surface area (Å²) in [6, 6.07) is 10.5. The van der Waals surface area contributed by atoms with Crippen LogP contribution in [0.2, 0.25) is 0 Å². The fourth-order valence-corrected chi connectivity index (χ4v) is 3.10. The Morgan fingerprint density at radius 3 is 2.74 bits per heavy atom. The lowest BCUT2D eigenvalue weighted by Crippen LogP contribution is -2.39. The van der Waals surface area contributed by atoms with E-state index in [9.17, 15) is 5.11 Å². The zero-order valence-electron chi connectivity index (χ0n) is 11.3. The van der Waals surface area contributed by atoms with Gasteiger partial charge in [0.05, 0.1) is 6.61 Å². The Bertz CT molecular complexity index is 503. The van der Waals surface area contributed by atoms with Crippen molar-refractivity contribution < 1.29 is 5.11 Å². The van der Waals surface area contributed by atoms with E-state index in [1.54, 1.807) is 11.3 Å². The maximum Gasteiger partial charge on any atom is 0.0540 e. The second kappa shape index (κ2) is 6.33. The molecule has 0 amide bonds. The summed E-state index contributed by atoms with van der Waals surface area (Å²) in [6.45, 7) is 2.63. The first kappa shape index (κ1) is 14.3. The van der Waals surface area contributed by atoms with Crippen LogP contribution in [0.25, 0.3) is 0 Å². The average Bonchev–Trinajstić information content (AvgIpc) is 2.94. The van der Waals surface area contributed by atoms with E-state index in [-0.39, 0.29) is 12.0 Å². The molecule has 0 saturated heterocycles. The highest BCUT2D eigenvalue weighted by atomic mass is 32.1. The number of benzene rings is 1. The number of aliphatic hydroxyl groups is 1. The van der Waals surface area contributed by atoms with Gasteiger partial charge in [0.1, 0.15) is 0 Å². The first-order valence-corrected chi connectivity index (χ1v) is 7.53. The Labute approximate surface area is 118 Å². The molecule has 102 valence electrons. The van der Waals surface area contributed by atoms with Crippen LogP contribution in [0.5, 0.6) is 0 Å². The molecule has 3 N–H and O–H groups in total. The highest BCUT2D eigenvalue weighted by Gasteiger charge is 2.29. The third-order valence-electron chi connectivity index (χ3n) is 3.80. The summed E-state index contributed by atoms with van der Waals surface area (Å²) in [5.41, 5.74) is 9.33. The van der Waals surface area contributed by atoms with Gasteiger partial charge in [0, 0.05) is 12.0 Å². The predicted octanol–water partition coefficient (Wildman–Crippen LogP) is 2.88. The molecule has 1 heterocycles. The Morgan fingerprint density at radius 2 is 2.16 bits per heavy atom. The summed E-state index contributed by atoms with van der Waals surface area (Å²) in [5, 5.41) is 14.1. The van der Waals surface area contributed by atoms with Gasteiger partial charge in [-0.05, 0) is 47.7 Å². The van der Waals surface area contributed by atoms with Crippen molar-refractivity contribution in [2.45, 2.75) is 25.2 Å². The third kappa shape index (κ3) is 3.24. The van der Waals surface area contributed by atoms with Crippen molar-refractivity contribution in [3.8, 4) is 0 Å². The highest BCUT2D eigenvalue weighted by molar-refractivity contribution is 7.07. The van der Waals surface area contributed by atoms with Crippen molar-refractivity contribution in [3.05, 3.63) is 57.8 Å². The minimum absolute atomic E-state index is 0.0943. The molecule has 0 aliphatic carbocycles. The maximum absolute atomic E-state index is 9.87. The molecule has 0 aliphatic heterocycles. The normalized spacial score (nSPS) is 14.3. The van der Waals surface area contributed by atoms with Crippen molar-refractivity contribution >= 4 is 11.3 Å². The molecule has 0 bridgehead atoms. The monoisotopic (exact) mass is 275 g/mol. The van der Waals surface area contributed by atoms with Crippen LogP contribution < -0.4 is 5.73 Å². The van der Waals surface area contributed by atoms with Crippen LogP contribution in [0.15, 0.2) is 41.1 Å². The highest BCUT2D eigenvalue weighted by Crippen LogP contribution is 2.29. The summed E-state index contributed by atoms with van der Waals surface area (Å²) in [7, 11) is 0. The molecule has 1 aromatic carbocycles. The second-order valence-electron chi connectivity index (χ2n) is 5.14. The zero-order valence-corrected chi connectivity index (χ0v) is 12.1. The lowest BCUT2D eigenvalue weighted by atomic mass is 9.76. The molecule has 1 aromatic heterocycles. The molecule has 3 heteroatoms. The average molecular weight is 275 g/mol. The van der Waals surface area contributed by atoms with E-state index in [1.807, 2.05) is 6.07 Å². The number of aliphatic hydroxyl groups excluding tert-OH is 1. The Hall–Kier alpha value is -1.16. The molecule has 0 radical (unpaired) electrons. The van der Waals surface area contributed by atoms with Crippen LogP contribution in [0.4, 0.5) is 0 Å². The van der Waals surface area contributed by atoms with E-state index in [4.69, 9.17) is 5.73 Å². The molecule has 0 aliphatic rings. The van der Waals surface area contributed by atoms with Gasteiger partial charge in [0.15, 0.2) is 0 Å². The molecular formula is C16H21NOS. The minimum Gasteiger partial charge on any atom is -0.395 e. The fourth-order valence-electron chi connectivity index (χ4n) is 2.39. The van der Waals surface area contributed by atoms with Gasteiger partial charge in [-0.25, -0.2) is 0 Å². The lowest BCUT2D eigenvalue weighted by Gasteiger charge is -2.31. The van der Waals surface area contributed by atoms with E-state index >= 15 is 0 Å². The molecule has 0 fully saturated rings. The Kier molecular flexibility index (Phi) is 4.75. The van der Waals surface area contributed by atoms with Gasteiger partial charge < -0.3 is 10.8 Å². The number of rotatable bonds is 6. The molecule has 2 nitrogen and oxygen atoms in total. The van der Waals surface area contributed by atoms with Gasteiger partial charge >= 0.3 is 0 Å². The van der Waals surface area contributed by atoms with E-state index in [2.05, 4.69) is 41.9 Å². The smallest absolute Gasteiger partial charge is 0.0540 e. The van der Waals surface area contributed by atoms with Crippen molar-refractivity contribution in [1.82, 2.24) is 0 Å². The molecular weight excluding hydrogens is 254 g/mol. The van der Waals surface area contributed by atoms with Gasteiger partial charge in [0.25, 0.3) is 0 Å². The van der Waals surface area contributed by atoms with Crippen LogP contribution in [-0.2, 0) is 11.8 Å². The number of hydrogen-bond donors (Lipinski definition) is 2. The van der Waals surface area contributed by atoms with E-state index < -0.39 is 0 Å². The van der Waals surface area contributed by atoms with Crippen LogP contribution in [0, 0.1) is 6.92 Å². The molecule has 1 unspecified atom stereocenters. The molecule has 2 aromatic rings. The van der Waals surface area contributed by atoms with Gasteiger partial charge in [-0.2, -0.15) is 11.3 Å². The summed E-state index contributed by atoms with van der Waals surface area (Å²) in [5.74, 6) is 0. The molecule has 0 saturated carbocycles.